The van der Waals surface area contributed by atoms with E-state index in [0.29, 0.717) is 18.0 Å². The molecule has 1 N–H and O–H groups in total. The fraction of sp³-hybridized carbons (Fsp3) is 0.269. The van der Waals surface area contributed by atoms with Crippen LogP contribution in [0.1, 0.15) is 31.0 Å². The lowest BCUT2D eigenvalue weighted by Crippen LogP contribution is -2.41. The van der Waals surface area contributed by atoms with Crippen LogP contribution in [-0.2, 0) is 14.8 Å². The molecule has 3 aromatic rings. The highest BCUT2D eigenvalue weighted by atomic mass is 79.9. The highest BCUT2D eigenvalue weighted by molar-refractivity contribution is 9.10. The number of nitrogens with zero attached hydrogens (tertiary/aromatic N) is 1. The third-order valence-electron chi connectivity index (χ3n) is 5.34. The van der Waals surface area contributed by atoms with Gasteiger partial charge in [-0.2, -0.15) is 0 Å². The highest BCUT2D eigenvalue weighted by Gasteiger charge is 2.30. The molecule has 0 heterocycles. The number of rotatable bonds is 10. The van der Waals surface area contributed by atoms with E-state index in [1.165, 1.54) is 13.2 Å². The maximum atomic E-state index is 13.8. The first-order valence-electron chi connectivity index (χ1n) is 11.1. The summed E-state index contributed by atoms with van der Waals surface area (Å²) in [7, 11) is -2.73. The molecule has 1 atom stereocenters. The minimum atomic E-state index is -4.15. The van der Waals surface area contributed by atoms with E-state index in [-0.39, 0.29) is 16.7 Å². The van der Waals surface area contributed by atoms with E-state index >= 15 is 0 Å². The lowest BCUT2D eigenvalue weighted by molar-refractivity contribution is -0.120. The molecular weight excluding hydrogens is 532 g/mol. The molecule has 0 aliphatic carbocycles. The van der Waals surface area contributed by atoms with Crippen LogP contribution in [0.4, 0.5) is 5.69 Å². The second-order valence-corrected chi connectivity index (χ2v) is 10.7. The van der Waals surface area contributed by atoms with Crippen molar-refractivity contribution in [3.8, 4) is 11.5 Å². The van der Waals surface area contributed by atoms with Gasteiger partial charge in [-0.1, -0.05) is 34.1 Å². The number of aryl methyl sites for hydroxylation is 1. The molecule has 0 aliphatic heterocycles. The van der Waals surface area contributed by atoms with Gasteiger partial charge in [0.25, 0.3) is 10.0 Å². The minimum absolute atomic E-state index is 0.0123. The summed E-state index contributed by atoms with van der Waals surface area (Å²) in [6.45, 7) is 5.58. The molecule has 35 heavy (non-hydrogen) atoms. The summed E-state index contributed by atoms with van der Waals surface area (Å²) in [6, 6.07) is 18.8. The Morgan fingerprint density at radius 3 is 2.43 bits per heavy atom. The van der Waals surface area contributed by atoms with Gasteiger partial charge in [0.15, 0.2) is 0 Å². The molecule has 7 nitrogen and oxygen atoms in total. The van der Waals surface area contributed by atoms with Crippen molar-refractivity contribution in [2.24, 2.45) is 0 Å². The summed E-state index contributed by atoms with van der Waals surface area (Å²) in [6.07, 6.45) is 0. The zero-order chi connectivity index (χ0) is 25.6. The van der Waals surface area contributed by atoms with E-state index in [4.69, 9.17) is 9.47 Å². The van der Waals surface area contributed by atoms with Crippen molar-refractivity contribution in [3.63, 3.8) is 0 Å². The number of methoxy groups -OCH3 is 1. The average Bonchev–Trinajstić information content (AvgIpc) is 2.83. The highest BCUT2D eigenvalue weighted by Crippen LogP contribution is 2.31. The maximum Gasteiger partial charge on any atom is 0.268 e. The summed E-state index contributed by atoms with van der Waals surface area (Å²) in [5, 5.41) is 2.90. The van der Waals surface area contributed by atoms with Crippen LogP contribution in [0.5, 0.6) is 11.5 Å². The van der Waals surface area contributed by atoms with Crippen molar-refractivity contribution in [2.45, 2.75) is 31.7 Å². The standard InChI is InChI=1S/C26H29BrN2O5S/c1-5-34-23-12-10-22(11-13-23)29(35(31,32)25-15-18(2)9-14-24(25)33-4)17-26(30)28-19(3)20-7-6-8-21(27)16-20/h6-16,19H,5,17H2,1-4H3,(H,28,30). The predicted octanol–water partition coefficient (Wildman–Crippen LogP) is 5.24. The third kappa shape index (κ3) is 6.55. The SMILES string of the molecule is CCOc1ccc(N(CC(=O)NC(C)c2cccc(Br)c2)S(=O)(=O)c2cc(C)ccc2OC)cc1. The van der Waals surface area contributed by atoms with E-state index in [1.54, 1.807) is 43.3 Å². The van der Waals surface area contributed by atoms with Crippen LogP contribution < -0.4 is 19.1 Å². The molecule has 0 spiro atoms. The number of carbonyl (C=O) groups excluding carboxylic acids is 1. The van der Waals surface area contributed by atoms with E-state index in [1.807, 2.05) is 38.1 Å². The van der Waals surface area contributed by atoms with Crippen molar-refractivity contribution in [2.75, 3.05) is 24.6 Å². The van der Waals surface area contributed by atoms with E-state index in [9.17, 15) is 13.2 Å². The molecule has 3 aromatic carbocycles. The number of nitrogens with one attached hydrogen (secondary N) is 1. The monoisotopic (exact) mass is 560 g/mol. The van der Waals surface area contributed by atoms with Gasteiger partial charge in [0.1, 0.15) is 22.9 Å². The van der Waals surface area contributed by atoms with Crippen LogP contribution in [0, 0.1) is 6.92 Å². The number of hydrogen-bond acceptors (Lipinski definition) is 5. The zero-order valence-electron chi connectivity index (χ0n) is 20.1. The van der Waals surface area contributed by atoms with Crippen molar-refractivity contribution in [1.29, 1.82) is 0 Å². The fourth-order valence-electron chi connectivity index (χ4n) is 3.57. The number of halogens is 1. The Bertz CT molecular complexity index is 1280. The van der Waals surface area contributed by atoms with Crippen LogP contribution in [0.2, 0.25) is 0 Å². The van der Waals surface area contributed by atoms with Crippen molar-refractivity contribution < 1.29 is 22.7 Å². The van der Waals surface area contributed by atoms with E-state index in [2.05, 4.69) is 21.2 Å². The first-order valence-corrected chi connectivity index (χ1v) is 13.3. The van der Waals surface area contributed by atoms with E-state index in [0.717, 1.165) is 19.9 Å². The summed E-state index contributed by atoms with van der Waals surface area (Å²) < 4.78 is 40.5. The quantitative estimate of drug-likeness (QED) is 0.366. The van der Waals surface area contributed by atoms with Gasteiger partial charge in [-0.3, -0.25) is 9.10 Å². The number of amides is 1. The van der Waals surface area contributed by atoms with Gasteiger partial charge in [-0.25, -0.2) is 8.42 Å². The molecule has 0 aromatic heterocycles. The van der Waals surface area contributed by atoms with Gasteiger partial charge in [-0.05, 0) is 80.4 Å². The molecule has 0 saturated carbocycles. The van der Waals surface area contributed by atoms with Gasteiger partial charge in [0.05, 0.1) is 25.4 Å². The van der Waals surface area contributed by atoms with Gasteiger partial charge in [-0.15, -0.1) is 0 Å². The van der Waals surface area contributed by atoms with Crippen molar-refractivity contribution in [1.82, 2.24) is 5.32 Å². The Labute approximate surface area is 215 Å². The Morgan fingerprint density at radius 2 is 1.80 bits per heavy atom. The first kappa shape index (κ1) is 26.6. The second kappa shape index (κ2) is 11.6. The van der Waals surface area contributed by atoms with Gasteiger partial charge < -0.3 is 14.8 Å². The minimum Gasteiger partial charge on any atom is -0.495 e. The smallest absolute Gasteiger partial charge is 0.268 e. The van der Waals surface area contributed by atoms with Crippen LogP contribution >= 0.6 is 15.9 Å². The molecule has 0 fully saturated rings. The molecule has 0 radical (unpaired) electrons. The summed E-state index contributed by atoms with van der Waals surface area (Å²) in [5.41, 5.74) is 1.98. The fourth-order valence-corrected chi connectivity index (χ4v) is 5.65. The lowest BCUT2D eigenvalue weighted by atomic mass is 10.1. The van der Waals surface area contributed by atoms with Crippen molar-refractivity contribution >= 4 is 37.5 Å². The zero-order valence-corrected chi connectivity index (χ0v) is 22.5. The second-order valence-electron chi connectivity index (χ2n) is 7.94. The number of carbonyl (C=O) groups is 1. The lowest BCUT2D eigenvalue weighted by Gasteiger charge is -2.26. The number of anilines is 1. The molecule has 0 bridgehead atoms. The van der Waals surface area contributed by atoms with Gasteiger partial charge >= 0.3 is 0 Å². The number of hydrogen-bond donors (Lipinski definition) is 1. The van der Waals surface area contributed by atoms with Crippen molar-refractivity contribution in [3.05, 3.63) is 82.3 Å². The third-order valence-corrected chi connectivity index (χ3v) is 7.62. The molecule has 0 aliphatic rings. The Hall–Kier alpha value is -3.04. The van der Waals surface area contributed by atoms with Crippen LogP contribution in [0.3, 0.4) is 0 Å². The van der Waals surface area contributed by atoms with Crippen LogP contribution in [-0.4, -0.2) is 34.6 Å². The normalized spacial score (nSPS) is 12.0. The maximum absolute atomic E-state index is 13.8. The number of ether oxygens (including phenoxy) is 2. The van der Waals surface area contributed by atoms with Crippen LogP contribution in [0.15, 0.2) is 76.1 Å². The van der Waals surface area contributed by atoms with Crippen LogP contribution in [0.25, 0.3) is 0 Å². The average molecular weight is 561 g/mol. The molecule has 1 unspecified atom stereocenters. The summed E-state index contributed by atoms with van der Waals surface area (Å²) in [5.74, 6) is 0.366. The topological polar surface area (TPSA) is 84.9 Å². The summed E-state index contributed by atoms with van der Waals surface area (Å²) >= 11 is 3.43. The van der Waals surface area contributed by atoms with Gasteiger partial charge in [0, 0.05) is 4.47 Å². The molecule has 0 saturated heterocycles. The molecule has 9 heteroatoms. The largest absolute Gasteiger partial charge is 0.495 e. The molecule has 1 amide bonds. The Balaban J connectivity index is 1.97. The summed E-state index contributed by atoms with van der Waals surface area (Å²) in [4.78, 5) is 13.1. The predicted molar refractivity (Wildman–Crippen MR) is 141 cm³/mol. The number of sulfonamides is 1. The number of benzene rings is 3. The Morgan fingerprint density at radius 1 is 1.09 bits per heavy atom. The van der Waals surface area contributed by atoms with E-state index < -0.39 is 22.5 Å². The molecule has 186 valence electrons. The Kier molecular flexibility index (Phi) is 8.80. The molecular formula is C26H29BrN2O5S. The first-order chi connectivity index (χ1) is 16.6. The molecule has 3 rings (SSSR count). The van der Waals surface area contributed by atoms with Gasteiger partial charge in [0.2, 0.25) is 5.91 Å².